The topological polar surface area (TPSA) is 63.4 Å². The Morgan fingerprint density at radius 1 is 1.08 bits per heavy atom. The number of benzene rings is 2. The minimum Gasteiger partial charge on any atom is -0.373 e. The van der Waals surface area contributed by atoms with Crippen LogP contribution in [0, 0.1) is 15.9 Å². The first-order valence-electron chi connectivity index (χ1n) is 6.63. The fourth-order valence-electron chi connectivity index (χ4n) is 2.03. The van der Waals surface area contributed by atoms with Crippen molar-refractivity contribution in [3.63, 3.8) is 0 Å². The molecule has 1 N–H and O–H groups in total. The van der Waals surface area contributed by atoms with E-state index in [0.717, 1.165) is 30.3 Å². The number of aliphatic hydroxyl groups is 1. The Labute approximate surface area is 133 Å². The summed E-state index contributed by atoms with van der Waals surface area (Å²) in [6.45, 7) is 0. The molecule has 126 valence electrons. The van der Waals surface area contributed by atoms with Crippen molar-refractivity contribution >= 4 is 11.8 Å². The first-order valence-corrected chi connectivity index (χ1v) is 6.63. The van der Waals surface area contributed by atoms with Crippen LogP contribution in [0.2, 0.25) is 0 Å². The molecule has 0 aromatic heterocycles. The van der Waals surface area contributed by atoms with Crippen molar-refractivity contribution in [1.29, 1.82) is 0 Å². The van der Waals surface area contributed by atoms with Gasteiger partial charge in [0.2, 0.25) is 5.60 Å². The molecule has 0 heterocycles. The van der Waals surface area contributed by atoms with Crippen molar-refractivity contribution in [3.05, 3.63) is 81.7 Å². The number of nitrogens with zero attached hydrogens (tertiary/aromatic N) is 1. The van der Waals surface area contributed by atoms with E-state index in [9.17, 15) is 32.8 Å². The van der Waals surface area contributed by atoms with E-state index in [1.807, 2.05) is 0 Å². The van der Waals surface area contributed by atoms with E-state index in [1.54, 1.807) is 0 Å². The fourth-order valence-corrected chi connectivity index (χ4v) is 2.03. The predicted octanol–water partition coefficient (Wildman–Crippen LogP) is 4.20. The minimum atomic E-state index is -5.16. The molecule has 1 unspecified atom stereocenters. The van der Waals surface area contributed by atoms with Gasteiger partial charge in [-0.3, -0.25) is 10.1 Å². The van der Waals surface area contributed by atoms with Crippen LogP contribution in [0.25, 0.3) is 6.08 Å². The van der Waals surface area contributed by atoms with Gasteiger partial charge in [-0.1, -0.05) is 36.4 Å². The van der Waals surface area contributed by atoms with Crippen LogP contribution < -0.4 is 0 Å². The van der Waals surface area contributed by atoms with Gasteiger partial charge < -0.3 is 5.11 Å². The molecule has 0 amide bonds. The summed E-state index contributed by atoms with van der Waals surface area (Å²) >= 11 is 0. The average molecular weight is 341 g/mol. The quantitative estimate of drug-likeness (QED) is 0.515. The highest BCUT2D eigenvalue weighted by Gasteiger charge is 2.53. The van der Waals surface area contributed by atoms with Gasteiger partial charge in [-0.25, -0.2) is 4.39 Å². The number of hydrogen-bond donors (Lipinski definition) is 1. The first kappa shape index (κ1) is 17.6. The molecule has 0 fully saturated rings. The number of nitro benzene ring substituents is 1. The lowest BCUT2D eigenvalue weighted by Crippen LogP contribution is -2.40. The summed E-state index contributed by atoms with van der Waals surface area (Å²) in [6, 6.07) is 8.63. The molecule has 0 saturated heterocycles. The van der Waals surface area contributed by atoms with Gasteiger partial charge in [-0.05, 0) is 12.1 Å². The Balaban J connectivity index is 2.54. The summed E-state index contributed by atoms with van der Waals surface area (Å²) in [5.74, 6) is -0.766. The molecule has 0 aliphatic carbocycles. The molecular weight excluding hydrogens is 330 g/mol. The lowest BCUT2D eigenvalue weighted by Gasteiger charge is -2.27. The third-order valence-electron chi connectivity index (χ3n) is 3.34. The predicted molar refractivity (Wildman–Crippen MR) is 78.5 cm³/mol. The molecule has 0 aliphatic rings. The van der Waals surface area contributed by atoms with Gasteiger partial charge in [0.15, 0.2) is 0 Å². The first-order chi connectivity index (χ1) is 11.1. The molecule has 0 radical (unpaired) electrons. The zero-order valence-electron chi connectivity index (χ0n) is 12.0. The van der Waals surface area contributed by atoms with Crippen LogP contribution in [0.5, 0.6) is 0 Å². The van der Waals surface area contributed by atoms with Crippen LogP contribution in [0.15, 0.2) is 54.6 Å². The summed E-state index contributed by atoms with van der Waals surface area (Å²) in [7, 11) is 0. The molecule has 8 heteroatoms. The van der Waals surface area contributed by atoms with Gasteiger partial charge in [0.25, 0.3) is 5.69 Å². The summed E-state index contributed by atoms with van der Waals surface area (Å²) in [5.41, 5.74) is -5.00. The second-order valence-corrected chi connectivity index (χ2v) is 4.93. The molecule has 4 nitrogen and oxygen atoms in total. The average Bonchev–Trinajstić information content (AvgIpc) is 2.52. The molecule has 24 heavy (non-hydrogen) atoms. The normalized spacial score (nSPS) is 14.5. The van der Waals surface area contributed by atoms with Crippen molar-refractivity contribution < 1.29 is 27.6 Å². The number of halogens is 4. The lowest BCUT2D eigenvalue weighted by molar-refractivity contribution is -0.385. The minimum absolute atomic E-state index is 0.161. The van der Waals surface area contributed by atoms with Gasteiger partial charge in [-0.15, -0.1) is 0 Å². The van der Waals surface area contributed by atoms with Gasteiger partial charge >= 0.3 is 6.18 Å². The van der Waals surface area contributed by atoms with Crippen LogP contribution >= 0.6 is 0 Å². The molecule has 2 aromatic carbocycles. The smallest absolute Gasteiger partial charge is 0.373 e. The Hall–Kier alpha value is -2.74. The molecule has 2 aromatic rings. The van der Waals surface area contributed by atoms with E-state index in [-0.39, 0.29) is 5.56 Å². The van der Waals surface area contributed by atoms with E-state index in [0.29, 0.717) is 12.1 Å². The van der Waals surface area contributed by atoms with E-state index >= 15 is 0 Å². The highest BCUT2D eigenvalue weighted by molar-refractivity contribution is 5.53. The molecular formula is C16H11F4NO3. The standard InChI is InChI=1S/C16H11F4NO3/c17-14-7-2-1-4-11(14)8-9-15(22,16(18,19)20)12-5-3-6-13(10-12)21(23)24/h1-10,22H. The van der Waals surface area contributed by atoms with Crippen LogP contribution in [0.3, 0.4) is 0 Å². The molecule has 0 spiro atoms. The Morgan fingerprint density at radius 2 is 1.75 bits per heavy atom. The molecule has 0 bridgehead atoms. The van der Waals surface area contributed by atoms with Gasteiger partial charge in [0.1, 0.15) is 5.82 Å². The fraction of sp³-hybridized carbons (Fsp3) is 0.125. The van der Waals surface area contributed by atoms with E-state index in [1.165, 1.54) is 18.2 Å². The van der Waals surface area contributed by atoms with Crippen molar-refractivity contribution in [3.8, 4) is 0 Å². The summed E-state index contributed by atoms with van der Waals surface area (Å²) < 4.78 is 53.6. The Kier molecular flexibility index (Phi) is 4.70. The second kappa shape index (κ2) is 6.40. The molecule has 1 atom stereocenters. The zero-order chi connectivity index (χ0) is 18.0. The van der Waals surface area contributed by atoms with Crippen LogP contribution in [0.4, 0.5) is 23.2 Å². The van der Waals surface area contributed by atoms with Crippen molar-refractivity contribution in [2.24, 2.45) is 0 Å². The zero-order valence-corrected chi connectivity index (χ0v) is 12.0. The summed E-state index contributed by atoms with van der Waals surface area (Å²) in [5, 5.41) is 20.8. The van der Waals surface area contributed by atoms with E-state index < -0.39 is 33.8 Å². The van der Waals surface area contributed by atoms with E-state index in [2.05, 4.69) is 0 Å². The van der Waals surface area contributed by atoms with Crippen molar-refractivity contribution in [1.82, 2.24) is 0 Å². The molecule has 0 aliphatic heterocycles. The van der Waals surface area contributed by atoms with Crippen LogP contribution in [-0.4, -0.2) is 16.2 Å². The number of non-ortho nitro benzene ring substituents is 1. The third kappa shape index (κ3) is 3.43. The maximum absolute atomic E-state index is 13.5. The van der Waals surface area contributed by atoms with Crippen LogP contribution in [-0.2, 0) is 5.60 Å². The monoisotopic (exact) mass is 341 g/mol. The second-order valence-electron chi connectivity index (χ2n) is 4.93. The molecule has 2 rings (SSSR count). The van der Waals surface area contributed by atoms with Crippen molar-refractivity contribution in [2.75, 3.05) is 0 Å². The largest absolute Gasteiger partial charge is 0.425 e. The third-order valence-corrected chi connectivity index (χ3v) is 3.34. The lowest BCUT2D eigenvalue weighted by atomic mass is 9.91. The number of alkyl halides is 3. The van der Waals surface area contributed by atoms with Gasteiger partial charge in [0, 0.05) is 23.3 Å². The Morgan fingerprint density at radius 3 is 2.33 bits per heavy atom. The van der Waals surface area contributed by atoms with Crippen LogP contribution in [0.1, 0.15) is 11.1 Å². The molecule has 0 saturated carbocycles. The SMILES string of the molecule is O=[N+]([O-])c1cccc(C(O)(C=Cc2ccccc2F)C(F)(F)F)c1. The highest BCUT2D eigenvalue weighted by Crippen LogP contribution is 2.41. The highest BCUT2D eigenvalue weighted by atomic mass is 19.4. The number of nitro groups is 1. The van der Waals surface area contributed by atoms with E-state index in [4.69, 9.17) is 0 Å². The van der Waals surface area contributed by atoms with Gasteiger partial charge in [0.05, 0.1) is 4.92 Å². The maximum Gasteiger partial charge on any atom is 0.425 e. The van der Waals surface area contributed by atoms with Crippen molar-refractivity contribution in [2.45, 2.75) is 11.8 Å². The van der Waals surface area contributed by atoms with Gasteiger partial charge in [-0.2, -0.15) is 13.2 Å². The Bertz CT molecular complexity index is 789. The maximum atomic E-state index is 13.5. The summed E-state index contributed by atoms with van der Waals surface area (Å²) in [6.07, 6.45) is -4.02. The number of hydrogen-bond acceptors (Lipinski definition) is 3. The summed E-state index contributed by atoms with van der Waals surface area (Å²) in [4.78, 5) is 9.85. The number of rotatable bonds is 4.